The molecule has 0 radical (unpaired) electrons. The van der Waals surface area contributed by atoms with Gasteiger partial charge in [-0.1, -0.05) is 37.1 Å². The van der Waals surface area contributed by atoms with E-state index in [0.29, 0.717) is 0 Å². The van der Waals surface area contributed by atoms with Gasteiger partial charge in [-0.3, -0.25) is 0 Å². The van der Waals surface area contributed by atoms with Crippen LogP contribution >= 0.6 is 0 Å². The number of hydrogen-bond acceptors (Lipinski definition) is 0. The SMILES string of the molecule is C=C(C)C/C(=C\C)CCC. The van der Waals surface area contributed by atoms with Crippen LogP contribution in [0.4, 0.5) is 0 Å². The number of rotatable bonds is 4. The lowest BCUT2D eigenvalue weighted by Gasteiger charge is -2.03. The molecule has 0 aromatic carbocycles. The van der Waals surface area contributed by atoms with Crippen LogP contribution < -0.4 is 0 Å². The van der Waals surface area contributed by atoms with E-state index in [1.54, 1.807) is 0 Å². The highest BCUT2D eigenvalue weighted by Crippen LogP contribution is 2.13. The maximum atomic E-state index is 3.88. The average molecular weight is 138 g/mol. The lowest BCUT2D eigenvalue weighted by molar-refractivity contribution is 0.864. The van der Waals surface area contributed by atoms with Crippen LogP contribution in [0.1, 0.15) is 40.0 Å². The van der Waals surface area contributed by atoms with E-state index in [9.17, 15) is 0 Å². The number of hydrogen-bond donors (Lipinski definition) is 0. The number of allylic oxidation sites excluding steroid dienone is 3. The van der Waals surface area contributed by atoms with Crippen molar-refractivity contribution in [3.63, 3.8) is 0 Å². The molecule has 0 saturated heterocycles. The van der Waals surface area contributed by atoms with E-state index < -0.39 is 0 Å². The first-order valence-corrected chi connectivity index (χ1v) is 3.99. The van der Waals surface area contributed by atoms with Crippen molar-refractivity contribution in [3.05, 3.63) is 23.8 Å². The summed E-state index contributed by atoms with van der Waals surface area (Å²) in [5.74, 6) is 0. The Morgan fingerprint density at radius 3 is 2.40 bits per heavy atom. The minimum Gasteiger partial charge on any atom is -0.0998 e. The van der Waals surface area contributed by atoms with E-state index in [4.69, 9.17) is 0 Å². The summed E-state index contributed by atoms with van der Waals surface area (Å²) in [6.07, 6.45) is 5.76. The highest BCUT2D eigenvalue weighted by molar-refractivity contribution is 5.10. The molecule has 0 aromatic heterocycles. The highest BCUT2D eigenvalue weighted by atomic mass is 14.0. The lowest BCUT2D eigenvalue weighted by atomic mass is 10.0. The Morgan fingerprint density at radius 2 is 2.10 bits per heavy atom. The average Bonchev–Trinajstić information content (AvgIpc) is 1.86. The van der Waals surface area contributed by atoms with Gasteiger partial charge >= 0.3 is 0 Å². The van der Waals surface area contributed by atoms with Gasteiger partial charge in [-0.25, -0.2) is 0 Å². The Kier molecular flexibility index (Phi) is 5.00. The molecular formula is C10H18. The molecule has 0 amide bonds. The zero-order valence-corrected chi connectivity index (χ0v) is 7.41. The molecule has 10 heavy (non-hydrogen) atoms. The molecule has 0 aliphatic carbocycles. The first-order valence-electron chi connectivity index (χ1n) is 3.99. The third kappa shape index (κ3) is 4.37. The van der Waals surface area contributed by atoms with Crippen LogP contribution in [0, 0.1) is 0 Å². The van der Waals surface area contributed by atoms with Crippen molar-refractivity contribution in [2.45, 2.75) is 40.0 Å². The summed E-state index contributed by atoms with van der Waals surface area (Å²) in [7, 11) is 0. The van der Waals surface area contributed by atoms with Crippen molar-refractivity contribution in [3.8, 4) is 0 Å². The molecule has 0 atom stereocenters. The predicted octanol–water partition coefficient (Wildman–Crippen LogP) is 3.70. The molecule has 0 saturated carbocycles. The van der Waals surface area contributed by atoms with Gasteiger partial charge in [0.1, 0.15) is 0 Å². The highest BCUT2D eigenvalue weighted by Gasteiger charge is 1.93. The van der Waals surface area contributed by atoms with Crippen molar-refractivity contribution >= 4 is 0 Å². The van der Waals surface area contributed by atoms with Gasteiger partial charge in [0, 0.05) is 0 Å². The van der Waals surface area contributed by atoms with E-state index in [1.165, 1.54) is 24.0 Å². The van der Waals surface area contributed by atoms with Gasteiger partial charge in [-0.15, -0.1) is 0 Å². The minimum atomic E-state index is 1.09. The van der Waals surface area contributed by atoms with Crippen molar-refractivity contribution < 1.29 is 0 Å². The van der Waals surface area contributed by atoms with Crippen molar-refractivity contribution in [2.75, 3.05) is 0 Å². The van der Waals surface area contributed by atoms with Crippen LogP contribution in [-0.4, -0.2) is 0 Å². The molecule has 0 heterocycles. The Hall–Kier alpha value is -0.520. The zero-order chi connectivity index (χ0) is 7.98. The molecule has 0 aromatic rings. The zero-order valence-electron chi connectivity index (χ0n) is 7.41. The monoisotopic (exact) mass is 138 g/mol. The Labute approximate surface area is 64.6 Å². The molecule has 0 rings (SSSR count). The summed E-state index contributed by atoms with van der Waals surface area (Å²) < 4.78 is 0. The summed E-state index contributed by atoms with van der Waals surface area (Å²) >= 11 is 0. The predicted molar refractivity (Wildman–Crippen MR) is 48.1 cm³/mol. The standard InChI is InChI=1S/C10H18/c1-5-7-10(6-2)8-9(3)4/h6H,3,5,7-8H2,1-2,4H3/b10-6-. The molecule has 0 N–H and O–H groups in total. The Balaban J connectivity index is 3.73. The Morgan fingerprint density at radius 1 is 1.50 bits per heavy atom. The minimum absolute atomic E-state index is 1.09. The van der Waals surface area contributed by atoms with Crippen LogP contribution in [0.3, 0.4) is 0 Å². The maximum absolute atomic E-state index is 3.88. The first-order chi connectivity index (χ1) is 4.70. The van der Waals surface area contributed by atoms with E-state index in [-0.39, 0.29) is 0 Å². The molecule has 58 valence electrons. The van der Waals surface area contributed by atoms with Gasteiger partial charge in [-0.05, 0) is 26.7 Å². The molecule has 0 unspecified atom stereocenters. The molecular weight excluding hydrogens is 120 g/mol. The second-order valence-electron chi connectivity index (χ2n) is 2.83. The summed E-state index contributed by atoms with van der Waals surface area (Å²) in [6.45, 7) is 10.3. The van der Waals surface area contributed by atoms with E-state index in [2.05, 4.69) is 33.4 Å². The van der Waals surface area contributed by atoms with Gasteiger partial charge in [0.2, 0.25) is 0 Å². The topological polar surface area (TPSA) is 0 Å². The fourth-order valence-electron chi connectivity index (χ4n) is 1.04. The van der Waals surface area contributed by atoms with Gasteiger partial charge in [0.05, 0.1) is 0 Å². The molecule has 0 aliphatic heterocycles. The summed E-state index contributed by atoms with van der Waals surface area (Å²) in [6, 6.07) is 0. The molecule has 0 bridgehead atoms. The van der Waals surface area contributed by atoms with Crippen LogP contribution in [-0.2, 0) is 0 Å². The van der Waals surface area contributed by atoms with Crippen molar-refractivity contribution in [1.82, 2.24) is 0 Å². The van der Waals surface area contributed by atoms with Gasteiger partial charge in [0.15, 0.2) is 0 Å². The summed E-state index contributed by atoms with van der Waals surface area (Å²) in [4.78, 5) is 0. The van der Waals surface area contributed by atoms with Crippen LogP contribution in [0.15, 0.2) is 23.8 Å². The van der Waals surface area contributed by atoms with Gasteiger partial charge in [0.25, 0.3) is 0 Å². The fourth-order valence-corrected chi connectivity index (χ4v) is 1.04. The normalized spacial score (nSPS) is 11.7. The second-order valence-corrected chi connectivity index (χ2v) is 2.83. The first kappa shape index (κ1) is 9.48. The summed E-state index contributed by atoms with van der Waals surface area (Å²) in [5.41, 5.74) is 2.79. The van der Waals surface area contributed by atoms with Gasteiger partial charge < -0.3 is 0 Å². The molecule has 0 nitrogen and oxygen atoms in total. The second kappa shape index (κ2) is 5.28. The quantitative estimate of drug-likeness (QED) is 0.520. The fraction of sp³-hybridized carbons (Fsp3) is 0.600. The van der Waals surface area contributed by atoms with Crippen LogP contribution in [0.2, 0.25) is 0 Å². The Bertz CT molecular complexity index is 129. The van der Waals surface area contributed by atoms with Gasteiger partial charge in [-0.2, -0.15) is 0 Å². The maximum Gasteiger partial charge on any atom is -0.0114 e. The van der Waals surface area contributed by atoms with E-state index >= 15 is 0 Å². The van der Waals surface area contributed by atoms with E-state index in [1.807, 2.05) is 0 Å². The molecule has 0 spiro atoms. The molecule has 0 fully saturated rings. The third-order valence-electron chi connectivity index (χ3n) is 1.51. The summed E-state index contributed by atoms with van der Waals surface area (Å²) in [5, 5.41) is 0. The largest absolute Gasteiger partial charge is 0.0998 e. The third-order valence-corrected chi connectivity index (χ3v) is 1.51. The van der Waals surface area contributed by atoms with Crippen LogP contribution in [0.25, 0.3) is 0 Å². The smallest absolute Gasteiger partial charge is 0.0114 e. The van der Waals surface area contributed by atoms with Crippen molar-refractivity contribution in [1.29, 1.82) is 0 Å². The van der Waals surface area contributed by atoms with E-state index in [0.717, 1.165) is 6.42 Å². The van der Waals surface area contributed by atoms with Crippen molar-refractivity contribution in [2.24, 2.45) is 0 Å². The lowest BCUT2D eigenvalue weighted by Crippen LogP contribution is -1.83. The van der Waals surface area contributed by atoms with Crippen LogP contribution in [0.5, 0.6) is 0 Å². The molecule has 0 heteroatoms. The molecule has 0 aliphatic rings.